The summed E-state index contributed by atoms with van der Waals surface area (Å²) in [7, 11) is 6.33. The van der Waals surface area contributed by atoms with Gasteiger partial charge in [0.1, 0.15) is 29.3 Å². The Morgan fingerprint density at radius 3 is 2.28 bits per heavy atom. The molecule has 67 heavy (non-hydrogen) atoms. The van der Waals surface area contributed by atoms with Gasteiger partial charge in [0.05, 0.1) is 63.4 Å². The van der Waals surface area contributed by atoms with Gasteiger partial charge in [0, 0.05) is 43.1 Å². The molecule has 2 aromatic heterocycles. The van der Waals surface area contributed by atoms with Gasteiger partial charge in [-0.05, 0) is 92.5 Å². The predicted octanol–water partition coefficient (Wildman–Crippen LogP) is 6.56. The van der Waals surface area contributed by atoms with Crippen LogP contribution in [0.4, 0.5) is 0 Å². The average molecular weight is 914 g/mol. The van der Waals surface area contributed by atoms with E-state index in [4.69, 9.17) is 38.3 Å². The summed E-state index contributed by atoms with van der Waals surface area (Å²) in [6.45, 7) is 1.35. The van der Waals surface area contributed by atoms with E-state index < -0.39 is 11.9 Å². The summed E-state index contributed by atoms with van der Waals surface area (Å²) in [6, 6.07) is 13.7. The lowest BCUT2D eigenvalue weighted by atomic mass is 9.73. The lowest BCUT2D eigenvalue weighted by Gasteiger charge is -2.43. The number of hydrogen-bond acceptors (Lipinski definition) is 13. The lowest BCUT2D eigenvalue weighted by molar-refractivity contribution is -0.143. The monoisotopic (exact) mass is 913 g/mol. The number of amides is 3. The Hall–Kier alpha value is -7.04. The van der Waals surface area contributed by atoms with Crippen LogP contribution in [0.3, 0.4) is 0 Å². The number of benzene rings is 3. The first-order valence-electron chi connectivity index (χ1n) is 23.1. The number of H-pyrrole nitrogens is 1. The third-order valence-electron chi connectivity index (χ3n) is 13.8. The summed E-state index contributed by atoms with van der Waals surface area (Å²) >= 11 is 0. The quantitative estimate of drug-likeness (QED) is 0.115. The smallest absolute Gasteiger partial charge is 0.255 e. The zero-order valence-corrected chi connectivity index (χ0v) is 38.2. The van der Waals surface area contributed by atoms with Crippen LogP contribution in [0, 0.1) is 17.8 Å². The standard InChI is InChI=1S/C50H55N7O10/c1-61-36-13-11-29(22-40(36)63-3)21-35(54-48(58)34-24-51-46-44(34)52-26-53-45(46)42-38(65-25-28-9-10-28)15-16-39-47(42)67-27-66-39)50(60)56-19-17-31(18-20-56)57-49(59)33-8-6-5-7-32(33)43(55-57)30-12-14-37(62-2)41(23-30)64-4/h11-16,22-24,26,28,31-33,35,51H,5-10,17-21,25,27H2,1-4H3,(H,54,58)/t32-,33+,35-/m0/s1. The minimum atomic E-state index is -0.979. The fourth-order valence-electron chi connectivity index (χ4n) is 10.0. The van der Waals surface area contributed by atoms with Crippen molar-refractivity contribution in [3.8, 4) is 51.5 Å². The molecule has 2 aliphatic carbocycles. The number of nitrogens with zero attached hydrogens (tertiary/aromatic N) is 5. The molecular formula is C50H55N7O10. The second-order valence-corrected chi connectivity index (χ2v) is 17.8. The molecule has 3 aliphatic heterocycles. The number of nitrogens with one attached hydrogen (secondary N) is 2. The molecule has 3 atom stereocenters. The van der Waals surface area contributed by atoms with Crippen molar-refractivity contribution in [2.24, 2.45) is 22.9 Å². The molecule has 3 aromatic carbocycles. The van der Waals surface area contributed by atoms with Gasteiger partial charge in [0.25, 0.3) is 5.91 Å². The van der Waals surface area contributed by atoms with Crippen molar-refractivity contribution in [1.82, 2.24) is 30.2 Å². The van der Waals surface area contributed by atoms with Crippen LogP contribution in [0.1, 0.15) is 72.9 Å². The van der Waals surface area contributed by atoms with Crippen LogP contribution in [-0.2, 0) is 16.0 Å². The van der Waals surface area contributed by atoms with Gasteiger partial charge in [0.2, 0.25) is 18.6 Å². The number of ether oxygens (including phenoxy) is 7. The topological polar surface area (TPSA) is 188 Å². The highest BCUT2D eigenvalue weighted by Gasteiger charge is 2.44. The number of methoxy groups -OCH3 is 4. The Bertz CT molecular complexity index is 2730. The molecule has 5 aliphatic rings. The third-order valence-corrected chi connectivity index (χ3v) is 13.8. The Labute approximate surface area is 388 Å². The molecule has 3 amide bonds. The molecular weight excluding hydrogens is 859 g/mol. The fourth-order valence-corrected chi connectivity index (χ4v) is 10.0. The largest absolute Gasteiger partial charge is 0.493 e. The van der Waals surface area contributed by atoms with Crippen molar-refractivity contribution >= 4 is 34.5 Å². The SMILES string of the molecule is COc1ccc(C[C@H](NC(=O)c2c[nH]c3c(-c4c(OCC5CC5)ccc5c4OCO5)ncnc23)C(=O)N2CCC(N3N=C(c4ccc(OC)c(OC)c4)[C@H]4CCCC[C@H]4C3=O)CC2)cc1OC. The Morgan fingerprint density at radius 1 is 0.821 bits per heavy atom. The first-order chi connectivity index (χ1) is 32.8. The minimum absolute atomic E-state index is 0.0134. The molecule has 17 nitrogen and oxygen atoms in total. The second kappa shape index (κ2) is 18.7. The van der Waals surface area contributed by atoms with Crippen molar-refractivity contribution in [1.29, 1.82) is 0 Å². The predicted molar refractivity (Wildman–Crippen MR) is 246 cm³/mol. The van der Waals surface area contributed by atoms with Gasteiger partial charge in [-0.2, -0.15) is 5.10 Å². The number of fused-ring (bicyclic) bond motifs is 3. The van der Waals surface area contributed by atoms with Gasteiger partial charge >= 0.3 is 0 Å². The van der Waals surface area contributed by atoms with E-state index in [1.54, 1.807) is 50.6 Å². The Kier molecular flexibility index (Phi) is 12.2. The van der Waals surface area contributed by atoms with E-state index in [1.165, 1.54) is 6.33 Å². The number of piperidine rings is 1. The van der Waals surface area contributed by atoms with Crippen LogP contribution in [0.2, 0.25) is 0 Å². The first-order valence-corrected chi connectivity index (χ1v) is 23.1. The molecule has 2 N–H and O–H groups in total. The highest BCUT2D eigenvalue weighted by atomic mass is 16.7. The van der Waals surface area contributed by atoms with Gasteiger partial charge in [-0.3, -0.25) is 14.4 Å². The number of aromatic amines is 1. The molecule has 0 unspecified atom stereocenters. The summed E-state index contributed by atoms with van der Waals surface area (Å²) in [6.07, 6.45) is 10.1. The number of carbonyl (C=O) groups excluding carboxylic acids is 3. The molecule has 0 bridgehead atoms. The van der Waals surface area contributed by atoms with E-state index in [0.29, 0.717) is 101 Å². The molecule has 5 heterocycles. The molecule has 5 aromatic rings. The number of rotatable bonds is 15. The van der Waals surface area contributed by atoms with E-state index in [0.717, 1.165) is 55.4 Å². The van der Waals surface area contributed by atoms with Gasteiger partial charge in [-0.15, -0.1) is 0 Å². The lowest BCUT2D eigenvalue weighted by Crippen LogP contribution is -2.55. The number of aromatic nitrogens is 3. The summed E-state index contributed by atoms with van der Waals surface area (Å²) in [5.41, 5.74) is 4.74. The highest BCUT2D eigenvalue weighted by Crippen LogP contribution is 2.48. The normalized spacial score (nSPS) is 19.6. The molecule has 0 radical (unpaired) electrons. The minimum Gasteiger partial charge on any atom is -0.493 e. The van der Waals surface area contributed by atoms with E-state index in [-0.39, 0.29) is 48.5 Å². The average Bonchev–Trinajstić information content (AvgIpc) is 3.89. The number of hydrogen-bond donors (Lipinski definition) is 2. The van der Waals surface area contributed by atoms with E-state index in [9.17, 15) is 14.4 Å². The molecule has 0 spiro atoms. The molecule has 350 valence electrons. The van der Waals surface area contributed by atoms with Crippen LogP contribution < -0.4 is 38.5 Å². The molecule has 2 saturated carbocycles. The van der Waals surface area contributed by atoms with Crippen LogP contribution in [-0.4, -0.2) is 115 Å². The summed E-state index contributed by atoms with van der Waals surface area (Å²) < 4.78 is 40.2. The zero-order valence-electron chi connectivity index (χ0n) is 38.2. The summed E-state index contributed by atoms with van der Waals surface area (Å²) in [5.74, 6) is 3.59. The first kappa shape index (κ1) is 43.8. The fraction of sp³-hybridized carbons (Fsp3) is 0.440. The molecule has 1 saturated heterocycles. The van der Waals surface area contributed by atoms with Crippen molar-refractivity contribution in [2.45, 2.75) is 69.9 Å². The van der Waals surface area contributed by atoms with Crippen molar-refractivity contribution in [2.75, 3.05) is 54.9 Å². The van der Waals surface area contributed by atoms with Crippen LogP contribution in [0.15, 0.2) is 66.2 Å². The van der Waals surface area contributed by atoms with Gasteiger partial charge < -0.3 is 48.4 Å². The van der Waals surface area contributed by atoms with Crippen molar-refractivity contribution in [3.05, 3.63) is 77.7 Å². The molecule has 3 fully saturated rings. The molecule has 17 heteroatoms. The van der Waals surface area contributed by atoms with Crippen LogP contribution in [0.25, 0.3) is 22.3 Å². The Balaban J connectivity index is 0.913. The maximum absolute atomic E-state index is 14.8. The molecule has 10 rings (SSSR count). The number of hydrazone groups is 1. The zero-order chi connectivity index (χ0) is 46.2. The summed E-state index contributed by atoms with van der Waals surface area (Å²) in [5, 5.41) is 9.88. The number of carbonyl (C=O) groups is 3. The van der Waals surface area contributed by atoms with E-state index >= 15 is 0 Å². The van der Waals surface area contributed by atoms with Crippen molar-refractivity contribution in [3.63, 3.8) is 0 Å². The maximum Gasteiger partial charge on any atom is 0.255 e. The van der Waals surface area contributed by atoms with Crippen molar-refractivity contribution < 1.29 is 47.5 Å². The Morgan fingerprint density at radius 2 is 1.54 bits per heavy atom. The van der Waals surface area contributed by atoms with Gasteiger partial charge in [-0.1, -0.05) is 18.9 Å². The van der Waals surface area contributed by atoms with Gasteiger partial charge in [-0.25, -0.2) is 15.0 Å². The maximum atomic E-state index is 14.8. The summed E-state index contributed by atoms with van der Waals surface area (Å²) in [4.78, 5) is 57.7. The second-order valence-electron chi connectivity index (χ2n) is 17.8. The van der Waals surface area contributed by atoms with Gasteiger partial charge in [0.15, 0.2) is 34.5 Å². The van der Waals surface area contributed by atoms with Crippen LogP contribution in [0.5, 0.6) is 40.2 Å². The van der Waals surface area contributed by atoms with E-state index in [2.05, 4.69) is 20.3 Å². The van der Waals surface area contributed by atoms with E-state index in [1.807, 2.05) is 42.5 Å². The highest BCUT2D eigenvalue weighted by molar-refractivity contribution is 6.09. The number of likely N-dealkylation sites (tertiary alicyclic amines) is 1. The van der Waals surface area contributed by atoms with Crippen LogP contribution >= 0.6 is 0 Å². The third kappa shape index (κ3) is 8.51.